The van der Waals surface area contributed by atoms with Gasteiger partial charge in [-0.2, -0.15) is 0 Å². The molecule has 9 heteroatoms. The van der Waals surface area contributed by atoms with Crippen molar-refractivity contribution in [3.05, 3.63) is 34.4 Å². The molecule has 1 aliphatic heterocycles. The van der Waals surface area contributed by atoms with Crippen molar-refractivity contribution < 1.29 is 14.5 Å². The van der Waals surface area contributed by atoms with Gasteiger partial charge in [0.15, 0.2) is 0 Å². The molecule has 1 aromatic carbocycles. The Labute approximate surface area is 139 Å². The quantitative estimate of drug-likeness (QED) is 0.628. The number of benzene rings is 1. The minimum atomic E-state index is -0.531. The first-order valence-corrected chi connectivity index (χ1v) is 7.73. The number of nitrogens with one attached hydrogen (secondary N) is 1. The SMILES string of the molecule is CC(C(=O)Nc1ccccc1[N+](=O)[O-])N1CCCN(C(N)=O)CC1. The summed E-state index contributed by atoms with van der Waals surface area (Å²) < 4.78 is 0. The monoisotopic (exact) mass is 335 g/mol. The minimum absolute atomic E-state index is 0.145. The molecule has 1 saturated heterocycles. The number of urea groups is 1. The third kappa shape index (κ3) is 4.19. The first-order chi connectivity index (χ1) is 11.4. The number of anilines is 1. The molecule has 0 spiro atoms. The second-order valence-electron chi connectivity index (χ2n) is 5.65. The maximum atomic E-state index is 12.4. The maximum Gasteiger partial charge on any atom is 0.314 e. The molecule has 0 saturated carbocycles. The zero-order valence-electron chi connectivity index (χ0n) is 13.5. The van der Waals surface area contributed by atoms with Crippen LogP contribution in [0.5, 0.6) is 0 Å². The largest absolute Gasteiger partial charge is 0.351 e. The molecule has 0 bridgehead atoms. The summed E-state index contributed by atoms with van der Waals surface area (Å²) in [6.07, 6.45) is 0.714. The van der Waals surface area contributed by atoms with Gasteiger partial charge in [0.25, 0.3) is 5.69 Å². The van der Waals surface area contributed by atoms with Crippen LogP contribution in [0.1, 0.15) is 13.3 Å². The number of primary amides is 1. The third-order valence-corrected chi connectivity index (χ3v) is 4.13. The highest BCUT2D eigenvalue weighted by atomic mass is 16.6. The van der Waals surface area contributed by atoms with Crippen LogP contribution < -0.4 is 11.1 Å². The number of nitrogens with zero attached hydrogens (tertiary/aromatic N) is 3. The Morgan fingerprint density at radius 3 is 2.62 bits per heavy atom. The van der Waals surface area contributed by atoms with E-state index in [4.69, 9.17) is 5.73 Å². The summed E-state index contributed by atoms with van der Waals surface area (Å²) in [5.74, 6) is -0.322. The fraction of sp³-hybridized carbons (Fsp3) is 0.467. The molecule has 0 radical (unpaired) electrons. The standard InChI is InChI=1S/C15H21N5O4/c1-11(18-7-4-8-19(10-9-18)15(16)22)14(21)17-12-5-2-3-6-13(12)20(23)24/h2-3,5-6,11H,4,7-10H2,1H3,(H2,16,22)(H,17,21). The lowest BCUT2D eigenvalue weighted by Gasteiger charge is -2.26. The lowest BCUT2D eigenvalue weighted by atomic mass is 10.2. The molecular formula is C15H21N5O4. The average Bonchev–Trinajstić information content (AvgIpc) is 2.80. The van der Waals surface area contributed by atoms with Gasteiger partial charge in [0.05, 0.1) is 11.0 Å². The van der Waals surface area contributed by atoms with E-state index in [1.165, 1.54) is 12.1 Å². The summed E-state index contributed by atoms with van der Waals surface area (Å²) in [7, 11) is 0. The van der Waals surface area contributed by atoms with Gasteiger partial charge in [0.2, 0.25) is 5.91 Å². The number of nitrogens with two attached hydrogens (primary N) is 1. The normalized spacial score (nSPS) is 17.0. The van der Waals surface area contributed by atoms with Gasteiger partial charge in [-0.15, -0.1) is 0 Å². The number of para-hydroxylation sites is 2. The van der Waals surface area contributed by atoms with E-state index in [2.05, 4.69) is 5.32 Å². The zero-order valence-corrected chi connectivity index (χ0v) is 13.5. The van der Waals surface area contributed by atoms with E-state index in [-0.39, 0.29) is 17.3 Å². The second-order valence-corrected chi connectivity index (χ2v) is 5.65. The van der Waals surface area contributed by atoms with Crippen LogP contribution in [0.4, 0.5) is 16.2 Å². The van der Waals surface area contributed by atoms with Gasteiger partial charge in [-0.1, -0.05) is 12.1 Å². The molecule has 3 amide bonds. The van der Waals surface area contributed by atoms with Crippen LogP contribution in [0.25, 0.3) is 0 Å². The molecule has 1 atom stereocenters. The van der Waals surface area contributed by atoms with Crippen LogP contribution >= 0.6 is 0 Å². The fourth-order valence-corrected chi connectivity index (χ4v) is 2.69. The number of amides is 3. The lowest BCUT2D eigenvalue weighted by molar-refractivity contribution is -0.383. The van der Waals surface area contributed by atoms with Crippen molar-refractivity contribution in [1.29, 1.82) is 0 Å². The molecule has 1 heterocycles. The van der Waals surface area contributed by atoms with Gasteiger partial charge >= 0.3 is 6.03 Å². The van der Waals surface area contributed by atoms with Crippen molar-refractivity contribution in [3.63, 3.8) is 0 Å². The highest BCUT2D eigenvalue weighted by Crippen LogP contribution is 2.23. The summed E-state index contributed by atoms with van der Waals surface area (Å²) in [6.45, 7) is 3.93. The summed E-state index contributed by atoms with van der Waals surface area (Å²) in [5, 5.41) is 13.6. The van der Waals surface area contributed by atoms with E-state index in [1.807, 2.05) is 4.90 Å². The summed E-state index contributed by atoms with van der Waals surface area (Å²) in [5.41, 5.74) is 5.32. The summed E-state index contributed by atoms with van der Waals surface area (Å²) in [6, 6.07) is 5.08. The average molecular weight is 335 g/mol. The fourth-order valence-electron chi connectivity index (χ4n) is 2.69. The van der Waals surface area contributed by atoms with Crippen molar-refractivity contribution in [2.24, 2.45) is 5.73 Å². The Hall–Kier alpha value is -2.68. The molecule has 0 aliphatic carbocycles. The Balaban J connectivity index is 2.02. The number of carbonyl (C=O) groups excluding carboxylic acids is 2. The first-order valence-electron chi connectivity index (χ1n) is 7.73. The van der Waals surface area contributed by atoms with Crippen LogP contribution in [0.2, 0.25) is 0 Å². The lowest BCUT2D eigenvalue weighted by Crippen LogP contribution is -2.44. The molecule has 1 aliphatic rings. The van der Waals surface area contributed by atoms with Gasteiger partial charge in [-0.25, -0.2) is 4.79 Å². The number of nitro groups is 1. The Bertz CT molecular complexity index is 636. The van der Waals surface area contributed by atoms with E-state index in [1.54, 1.807) is 24.0 Å². The molecule has 3 N–H and O–H groups in total. The van der Waals surface area contributed by atoms with Crippen molar-refractivity contribution in [1.82, 2.24) is 9.80 Å². The van der Waals surface area contributed by atoms with Gasteiger partial charge < -0.3 is 16.0 Å². The van der Waals surface area contributed by atoms with Gasteiger partial charge in [-0.05, 0) is 19.4 Å². The van der Waals surface area contributed by atoms with Crippen molar-refractivity contribution >= 4 is 23.3 Å². The van der Waals surface area contributed by atoms with E-state index < -0.39 is 17.0 Å². The summed E-state index contributed by atoms with van der Waals surface area (Å²) in [4.78, 5) is 37.6. The van der Waals surface area contributed by atoms with Crippen LogP contribution in [0.3, 0.4) is 0 Å². The molecular weight excluding hydrogens is 314 g/mol. The number of rotatable bonds is 4. The van der Waals surface area contributed by atoms with Gasteiger partial charge in [-0.3, -0.25) is 19.8 Å². The predicted octanol–water partition coefficient (Wildman–Crippen LogP) is 1.01. The van der Waals surface area contributed by atoms with Crippen molar-refractivity contribution in [2.75, 3.05) is 31.5 Å². The first kappa shape index (κ1) is 17.7. The number of hydrogen-bond donors (Lipinski definition) is 2. The molecule has 1 unspecified atom stereocenters. The van der Waals surface area contributed by atoms with E-state index in [0.29, 0.717) is 32.6 Å². The van der Waals surface area contributed by atoms with Crippen LogP contribution in [0.15, 0.2) is 24.3 Å². The van der Waals surface area contributed by atoms with Crippen LogP contribution in [-0.2, 0) is 4.79 Å². The molecule has 24 heavy (non-hydrogen) atoms. The molecule has 1 fully saturated rings. The zero-order chi connectivity index (χ0) is 17.7. The Kier molecular flexibility index (Phi) is 5.69. The van der Waals surface area contributed by atoms with E-state index >= 15 is 0 Å². The Morgan fingerprint density at radius 2 is 1.96 bits per heavy atom. The smallest absolute Gasteiger partial charge is 0.314 e. The van der Waals surface area contributed by atoms with Crippen molar-refractivity contribution in [3.8, 4) is 0 Å². The van der Waals surface area contributed by atoms with Gasteiger partial charge in [0, 0.05) is 32.2 Å². The maximum absolute atomic E-state index is 12.4. The highest BCUT2D eigenvalue weighted by Gasteiger charge is 2.26. The van der Waals surface area contributed by atoms with Crippen molar-refractivity contribution in [2.45, 2.75) is 19.4 Å². The number of hydrogen-bond acceptors (Lipinski definition) is 5. The second kappa shape index (κ2) is 7.73. The van der Waals surface area contributed by atoms with E-state index in [9.17, 15) is 19.7 Å². The van der Waals surface area contributed by atoms with Crippen LogP contribution in [0, 0.1) is 10.1 Å². The minimum Gasteiger partial charge on any atom is -0.351 e. The van der Waals surface area contributed by atoms with Gasteiger partial charge in [0.1, 0.15) is 5.69 Å². The number of nitro benzene ring substituents is 1. The molecule has 130 valence electrons. The molecule has 2 rings (SSSR count). The van der Waals surface area contributed by atoms with E-state index in [0.717, 1.165) is 0 Å². The third-order valence-electron chi connectivity index (χ3n) is 4.13. The molecule has 0 aromatic heterocycles. The predicted molar refractivity (Wildman–Crippen MR) is 88.5 cm³/mol. The highest BCUT2D eigenvalue weighted by molar-refractivity contribution is 5.96. The Morgan fingerprint density at radius 1 is 1.25 bits per heavy atom. The topological polar surface area (TPSA) is 122 Å². The molecule has 1 aromatic rings. The van der Waals surface area contributed by atoms with Crippen LogP contribution in [-0.4, -0.2) is 58.9 Å². The molecule has 9 nitrogen and oxygen atoms in total. The summed E-state index contributed by atoms with van der Waals surface area (Å²) >= 11 is 0. The number of carbonyl (C=O) groups is 2.